The van der Waals surface area contributed by atoms with Gasteiger partial charge in [-0.05, 0) is 43.7 Å². The first-order valence-corrected chi connectivity index (χ1v) is 8.06. The van der Waals surface area contributed by atoms with Crippen molar-refractivity contribution in [3.05, 3.63) is 28.7 Å². The molecule has 3 N–H and O–H groups in total. The van der Waals surface area contributed by atoms with Gasteiger partial charge in [-0.15, -0.1) is 0 Å². The lowest BCUT2D eigenvalue weighted by molar-refractivity contribution is -0.139. The fourth-order valence-electron chi connectivity index (χ4n) is 2.56. The van der Waals surface area contributed by atoms with Crippen LogP contribution in [-0.4, -0.2) is 47.2 Å². The number of carboxylic acid groups (broad SMARTS) is 1. The number of likely N-dealkylation sites (N-methyl/N-ethyl adjacent to an activating group) is 1. The number of nitrogens with zero attached hydrogens (tertiary/aromatic N) is 1. The van der Waals surface area contributed by atoms with E-state index in [-0.39, 0.29) is 24.7 Å². The lowest BCUT2D eigenvalue weighted by atomic mass is 9.85. The summed E-state index contributed by atoms with van der Waals surface area (Å²) in [5.74, 6) is -0.814. The van der Waals surface area contributed by atoms with Crippen LogP contribution in [0.3, 0.4) is 0 Å². The molecule has 22 heavy (non-hydrogen) atoms. The molecule has 1 saturated carbocycles. The summed E-state index contributed by atoms with van der Waals surface area (Å²) < 4.78 is 0.957. The zero-order chi connectivity index (χ0) is 16.1. The van der Waals surface area contributed by atoms with E-state index < -0.39 is 5.97 Å². The molecule has 0 atom stereocenters. The Labute approximate surface area is 138 Å². The van der Waals surface area contributed by atoms with Crippen molar-refractivity contribution in [3.63, 3.8) is 0 Å². The summed E-state index contributed by atoms with van der Waals surface area (Å²) in [6, 6.07) is 7.46. The van der Waals surface area contributed by atoms with Crippen molar-refractivity contribution < 1.29 is 14.7 Å². The average Bonchev–Trinajstić information content (AvgIpc) is 2.42. The fourth-order valence-corrected chi connectivity index (χ4v) is 2.83. The number of amides is 2. The Morgan fingerprint density at radius 1 is 1.32 bits per heavy atom. The van der Waals surface area contributed by atoms with Gasteiger partial charge in [-0.2, -0.15) is 0 Å². The molecule has 0 radical (unpaired) electrons. The van der Waals surface area contributed by atoms with Crippen LogP contribution in [0.1, 0.15) is 19.8 Å². The maximum Gasteiger partial charge on any atom is 0.319 e. The number of anilines is 1. The van der Waals surface area contributed by atoms with Crippen LogP contribution in [0.15, 0.2) is 28.7 Å². The fraction of sp³-hybridized carbons (Fsp3) is 0.467. The van der Waals surface area contributed by atoms with Crippen LogP contribution in [0, 0.1) is 0 Å². The molecule has 120 valence electrons. The maximum absolute atomic E-state index is 11.9. The zero-order valence-electron chi connectivity index (χ0n) is 12.4. The molecule has 0 spiro atoms. The number of benzene rings is 1. The number of carbonyl (C=O) groups is 2. The van der Waals surface area contributed by atoms with Crippen molar-refractivity contribution in [2.45, 2.75) is 31.8 Å². The average molecular weight is 370 g/mol. The molecule has 1 aliphatic carbocycles. The van der Waals surface area contributed by atoms with E-state index in [0.29, 0.717) is 6.54 Å². The minimum atomic E-state index is -0.814. The van der Waals surface area contributed by atoms with Gasteiger partial charge in [0.05, 0.1) is 6.54 Å². The summed E-state index contributed by atoms with van der Waals surface area (Å²) >= 11 is 3.34. The molecule has 0 aromatic heterocycles. The van der Waals surface area contributed by atoms with Crippen LogP contribution in [0.4, 0.5) is 10.5 Å². The molecule has 1 aromatic rings. The summed E-state index contributed by atoms with van der Waals surface area (Å²) in [6.45, 7) is 2.71. The maximum atomic E-state index is 11.9. The van der Waals surface area contributed by atoms with Gasteiger partial charge >= 0.3 is 12.0 Å². The van der Waals surface area contributed by atoms with E-state index in [1.165, 1.54) is 0 Å². The normalized spacial score (nSPS) is 20.3. The first kappa shape index (κ1) is 16.8. The molecular weight excluding hydrogens is 350 g/mol. The van der Waals surface area contributed by atoms with Gasteiger partial charge in [0.1, 0.15) is 0 Å². The minimum absolute atomic E-state index is 0.0545. The van der Waals surface area contributed by atoms with Gasteiger partial charge in [-0.1, -0.05) is 22.9 Å². The number of carboxylic acids is 1. The summed E-state index contributed by atoms with van der Waals surface area (Å²) in [5, 5.41) is 14.5. The molecule has 0 aliphatic heterocycles. The Morgan fingerprint density at radius 3 is 2.50 bits per heavy atom. The third-order valence-corrected chi connectivity index (χ3v) is 4.34. The zero-order valence-corrected chi connectivity index (χ0v) is 14.0. The number of urea groups is 1. The number of nitrogens with one attached hydrogen (secondary N) is 2. The predicted octanol–water partition coefficient (Wildman–Crippen LogP) is 2.51. The second-order valence-corrected chi connectivity index (χ2v) is 6.30. The topological polar surface area (TPSA) is 81.7 Å². The van der Waals surface area contributed by atoms with Gasteiger partial charge in [-0.3, -0.25) is 9.69 Å². The van der Waals surface area contributed by atoms with Gasteiger partial charge < -0.3 is 15.7 Å². The molecule has 0 bridgehead atoms. The highest BCUT2D eigenvalue weighted by Gasteiger charge is 2.34. The number of hydrogen-bond acceptors (Lipinski definition) is 3. The highest BCUT2D eigenvalue weighted by Crippen LogP contribution is 2.25. The van der Waals surface area contributed by atoms with Crippen molar-refractivity contribution >= 4 is 33.6 Å². The second-order valence-electron chi connectivity index (χ2n) is 5.38. The molecule has 0 heterocycles. The summed E-state index contributed by atoms with van der Waals surface area (Å²) in [5.41, 5.74) is 0.734. The molecule has 1 aromatic carbocycles. The van der Waals surface area contributed by atoms with Gasteiger partial charge in [0.15, 0.2) is 0 Å². The van der Waals surface area contributed by atoms with Crippen molar-refractivity contribution in [2.75, 3.05) is 18.4 Å². The second kappa shape index (κ2) is 7.60. The Morgan fingerprint density at radius 2 is 1.95 bits per heavy atom. The van der Waals surface area contributed by atoms with Gasteiger partial charge in [0.2, 0.25) is 0 Å². The largest absolute Gasteiger partial charge is 0.480 e. The van der Waals surface area contributed by atoms with E-state index in [9.17, 15) is 9.59 Å². The van der Waals surface area contributed by atoms with Crippen LogP contribution < -0.4 is 10.6 Å². The highest BCUT2D eigenvalue weighted by atomic mass is 79.9. The van der Waals surface area contributed by atoms with E-state index in [2.05, 4.69) is 26.6 Å². The molecule has 1 aliphatic rings. The van der Waals surface area contributed by atoms with Gasteiger partial charge in [0.25, 0.3) is 0 Å². The number of rotatable bonds is 6. The van der Waals surface area contributed by atoms with Gasteiger partial charge in [-0.25, -0.2) is 4.79 Å². The van der Waals surface area contributed by atoms with Crippen LogP contribution >= 0.6 is 15.9 Å². The van der Waals surface area contributed by atoms with Crippen molar-refractivity contribution in [3.8, 4) is 0 Å². The van der Waals surface area contributed by atoms with Crippen LogP contribution in [0.2, 0.25) is 0 Å². The number of halogens is 1. The van der Waals surface area contributed by atoms with Crippen LogP contribution in [0.5, 0.6) is 0 Å². The Hall–Kier alpha value is -1.60. The Kier molecular flexibility index (Phi) is 5.79. The van der Waals surface area contributed by atoms with Crippen molar-refractivity contribution in [1.82, 2.24) is 10.2 Å². The third-order valence-electron chi connectivity index (χ3n) is 3.81. The smallest absolute Gasteiger partial charge is 0.319 e. The monoisotopic (exact) mass is 369 g/mol. The van der Waals surface area contributed by atoms with E-state index in [1.807, 2.05) is 36.1 Å². The molecule has 7 heteroatoms. The summed E-state index contributed by atoms with van der Waals surface area (Å²) in [6.07, 6.45) is 1.57. The van der Waals surface area contributed by atoms with E-state index in [0.717, 1.165) is 23.0 Å². The first-order valence-electron chi connectivity index (χ1n) is 7.27. The van der Waals surface area contributed by atoms with E-state index >= 15 is 0 Å². The number of hydrogen-bond donors (Lipinski definition) is 3. The van der Waals surface area contributed by atoms with Crippen LogP contribution in [-0.2, 0) is 4.79 Å². The van der Waals surface area contributed by atoms with Crippen molar-refractivity contribution in [2.24, 2.45) is 0 Å². The summed E-state index contributed by atoms with van der Waals surface area (Å²) in [7, 11) is 0. The highest BCUT2D eigenvalue weighted by molar-refractivity contribution is 9.10. The SMILES string of the molecule is CCN(CC(=O)O)C1CC(NC(=O)Nc2ccc(Br)cc2)C1. The Bertz CT molecular complexity index is 529. The van der Waals surface area contributed by atoms with E-state index in [4.69, 9.17) is 5.11 Å². The number of carbonyl (C=O) groups excluding carboxylic acids is 1. The standard InChI is InChI=1S/C15H20BrN3O3/c1-2-19(9-14(20)21)13-7-12(8-13)18-15(22)17-11-5-3-10(16)4-6-11/h3-6,12-13H,2,7-9H2,1H3,(H,20,21)(H2,17,18,22). The quantitative estimate of drug-likeness (QED) is 0.719. The van der Waals surface area contributed by atoms with Crippen LogP contribution in [0.25, 0.3) is 0 Å². The van der Waals surface area contributed by atoms with Crippen molar-refractivity contribution in [1.29, 1.82) is 0 Å². The predicted molar refractivity (Wildman–Crippen MR) is 88.0 cm³/mol. The van der Waals surface area contributed by atoms with E-state index in [1.54, 1.807) is 0 Å². The lowest BCUT2D eigenvalue weighted by Gasteiger charge is -2.42. The molecule has 6 nitrogen and oxygen atoms in total. The summed E-state index contributed by atoms with van der Waals surface area (Å²) in [4.78, 5) is 24.6. The van der Waals surface area contributed by atoms with Gasteiger partial charge in [0, 0.05) is 22.2 Å². The molecule has 2 amide bonds. The molecule has 2 rings (SSSR count). The molecular formula is C15H20BrN3O3. The molecule has 1 fully saturated rings. The lowest BCUT2D eigenvalue weighted by Crippen LogP contribution is -2.55. The third kappa shape index (κ3) is 4.71. The minimum Gasteiger partial charge on any atom is -0.480 e. The first-order chi connectivity index (χ1) is 10.5. The molecule has 0 unspecified atom stereocenters. The number of aliphatic carboxylic acids is 1. The Balaban J connectivity index is 1.73. The molecule has 0 saturated heterocycles.